The zero-order valence-corrected chi connectivity index (χ0v) is 8.94. The van der Waals surface area contributed by atoms with E-state index in [-0.39, 0.29) is 11.9 Å². The average Bonchev–Trinajstić information content (AvgIpc) is 2.89. The number of amides is 1. The predicted octanol–water partition coefficient (Wildman–Crippen LogP) is 0.142. The number of nitrogens with two attached hydrogens (primary N) is 1. The minimum Gasteiger partial charge on any atom is -0.368 e. The fraction of sp³-hybridized carbons (Fsp3) is 0.556. The maximum absolute atomic E-state index is 11.2. The second kappa shape index (κ2) is 4.20. The Bertz CT molecular complexity index is 361. The van der Waals surface area contributed by atoms with Crippen molar-refractivity contribution in [2.24, 2.45) is 5.73 Å². The highest BCUT2D eigenvalue weighted by Gasteiger charge is 2.27. The molecule has 3 N–H and O–H groups in total. The lowest BCUT2D eigenvalue weighted by Gasteiger charge is -2.14. The van der Waals surface area contributed by atoms with E-state index in [1.54, 1.807) is 10.9 Å². The van der Waals surface area contributed by atoms with Crippen LogP contribution < -0.4 is 11.1 Å². The van der Waals surface area contributed by atoms with E-state index in [2.05, 4.69) is 10.4 Å². The molecule has 2 rings (SSSR count). The van der Waals surface area contributed by atoms with Crippen LogP contribution in [0.15, 0.2) is 12.4 Å². The molecule has 0 aromatic carbocycles. The van der Waals surface area contributed by atoms with E-state index < -0.39 is 0 Å². The summed E-state index contributed by atoms with van der Waals surface area (Å²) in [6.07, 6.45) is 5.44. The van der Waals surface area contributed by atoms with E-state index in [4.69, 9.17) is 17.3 Å². The third kappa shape index (κ3) is 2.94. The molecular weight excluding hydrogens is 216 g/mol. The second-order valence-corrected chi connectivity index (χ2v) is 4.21. The molecule has 1 aliphatic carbocycles. The average molecular weight is 229 g/mol. The minimum atomic E-state index is -0.367. The Balaban J connectivity index is 1.95. The van der Waals surface area contributed by atoms with Crippen molar-refractivity contribution in [1.29, 1.82) is 0 Å². The number of hydrogen-bond acceptors (Lipinski definition) is 3. The molecule has 1 aliphatic rings. The van der Waals surface area contributed by atoms with Crippen LogP contribution in [-0.4, -0.2) is 27.8 Å². The summed E-state index contributed by atoms with van der Waals surface area (Å²) >= 11 is 5.72. The first kappa shape index (κ1) is 10.4. The summed E-state index contributed by atoms with van der Waals surface area (Å²) in [6, 6.07) is 0.0713. The minimum absolute atomic E-state index is 0.353. The molecule has 1 unspecified atom stereocenters. The van der Waals surface area contributed by atoms with E-state index in [1.807, 2.05) is 0 Å². The number of halogens is 1. The zero-order chi connectivity index (χ0) is 10.8. The fourth-order valence-electron chi connectivity index (χ4n) is 1.38. The molecule has 1 fully saturated rings. The number of hydrogen-bond donors (Lipinski definition) is 2. The van der Waals surface area contributed by atoms with Crippen LogP contribution in [0.5, 0.6) is 0 Å². The van der Waals surface area contributed by atoms with Crippen molar-refractivity contribution >= 4 is 17.5 Å². The van der Waals surface area contributed by atoms with Gasteiger partial charge in [0.25, 0.3) is 0 Å². The van der Waals surface area contributed by atoms with E-state index >= 15 is 0 Å². The molecule has 15 heavy (non-hydrogen) atoms. The summed E-state index contributed by atoms with van der Waals surface area (Å²) in [5, 5.41) is 7.73. The molecule has 0 bridgehead atoms. The lowest BCUT2D eigenvalue weighted by molar-refractivity contribution is -0.120. The van der Waals surface area contributed by atoms with Crippen LogP contribution in [0.3, 0.4) is 0 Å². The number of carbonyl (C=O) groups is 1. The molecule has 0 saturated heterocycles. The lowest BCUT2D eigenvalue weighted by Crippen LogP contribution is -2.45. The maximum atomic E-state index is 11.2. The molecular formula is C9H13ClN4O. The van der Waals surface area contributed by atoms with Gasteiger partial charge in [-0.1, -0.05) is 11.6 Å². The van der Waals surface area contributed by atoms with E-state index in [0.717, 1.165) is 12.8 Å². The molecule has 0 aliphatic heterocycles. The summed E-state index contributed by atoms with van der Waals surface area (Å²) < 4.78 is 1.62. The van der Waals surface area contributed by atoms with Crippen molar-refractivity contribution in [1.82, 2.24) is 15.1 Å². The highest BCUT2D eigenvalue weighted by atomic mass is 35.5. The van der Waals surface area contributed by atoms with Crippen LogP contribution in [0.25, 0.3) is 0 Å². The molecule has 1 saturated carbocycles. The van der Waals surface area contributed by atoms with Gasteiger partial charge in [-0.3, -0.25) is 9.48 Å². The van der Waals surface area contributed by atoms with Gasteiger partial charge in [-0.2, -0.15) is 5.10 Å². The molecule has 1 heterocycles. The Hall–Kier alpha value is -1.07. The Morgan fingerprint density at radius 1 is 1.80 bits per heavy atom. The molecule has 1 aromatic heterocycles. The van der Waals surface area contributed by atoms with E-state index in [9.17, 15) is 4.79 Å². The first-order valence-corrected chi connectivity index (χ1v) is 5.26. The van der Waals surface area contributed by atoms with Crippen molar-refractivity contribution < 1.29 is 4.79 Å². The molecule has 0 spiro atoms. The van der Waals surface area contributed by atoms with Crippen LogP contribution >= 0.6 is 11.6 Å². The Morgan fingerprint density at radius 3 is 3.00 bits per heavy atom. The van der Waals surface area contributed by atoms with Gasteiger partial charge in [0.05, 0.1) is 17.8 Å². The highest BCUT2D eigenvalue weighted by molar-refractivity contribution is 6.30. The monoisotopic (exact) mass is 228 g/mol. The molecule has 82 valence electrons. The highest BCUT2D eigenvalue weighted by Crippen LogP contribution is 2.19. The van der Waals surface area contributed by atoms with Crippen LogP contribution in [-0.2, 0) is 11.3 Å². The SMILES string of the molecule is NC(=O)C(Cn1cc(Cl)cn1)NC1CC1. The van der Waals surface area contributed by atoms with Gasteiger partial charge in [-0.25, -0.2) is 0 Å². The van der Waals surface area contributed by atoms with E-state index in [0.29, 0.717) is 17.6 Å². The fourth-order valence-corrected chi connectivity index (χ4v) is 1.54. The Morgan fingerprint density at radius 2 is 2.53 bits per heavy atom. The van der Waals surface area contributed by atoms with Crippen molar-refractivity contribution in [3.8, 4) is 0 Å². The van der Waals surface area contributed by atoms with Gasteiger partial charge in [0.2, 0.25) is 5.91 Å². The molecule has 5 nitrogen and oxygen atoms in total. The number of nitrogens with zero attached hydrogens (tertiary/aromatic N) is 2. The molecule has 0 radical (unpaired) electrons. The van der Waals surface area contributed by atoms with Gasteiger partial charge >= 0.3 is 0 Å². The quantitative estimate of drug-likeness (QED) is 0.753. The van der Waals surface area contributed by atoms with Gasteiger partial charge in [0.1, 0.15) is 6.04 Å². The smallest absolute Gasteiger partial charge is 0.236 e. The van der Waals surface area contributed by atoms with Crippen LogP contribution in [0.1, 0.15) is 12.8 Å². The number of primary amides is 1. The molecule has 1 atom stereocenters. The maximum Gasteiger partial charge on any atom is 0.236 e. The van der Waals surface area contributed by atoms with Crippen molar-refractivity contribution in [3.63, 3.8) is 0 Å². The van der Waals surface area contributed by atoms with Gasteiger partial charge in [0, 0.05) is 12.2 Å². The van der Waals surface area contributed by atoms with Gasteiger partial charge < -0.3 is 11.1 Å². The number of carbonyl (C=O) groups excluding carboxylic acids is 1. The molecule has 1 aromatic rings. The molecule has 6 heteroatoms. The van der Waals surface area contributed by atoms with Crippen molar-refractivity contribution in [2.75, 3.05) is 0 Å². The van der Waals surface area contributed by atoms with E-state index in [1.165, 1.54) is 6.20 Å². The Kier molecular flexibility index (Phi) is 2.93. The predicted molar refractivity (Wildman–Crippen MR) is 56.4 cm³/mol. The normalized spacial score (nSPS) is 17.7. The first-order chi connectivity index (χ1) is 7.15. The number of rotatable bonds is 5. The summed E-state index contributed by atoms with van der Waals surface area (Å²) in [4.78, 5) is 11.2. The van der Waals surface area contributed by atoms with Crippen LogP contribution in [0.2, 0.25) is 5.02 Å². The van der Waals surface area contributed by atoms with Crippen LogP contribution in [0, 0.1) is 0 Å². The third-order valence-electron chi connectivity index (χ3n) is 2.33. The molecule has 1 amide bonds. The first-order valence-electron chi connectivity index (χ1n) is 4.88. The van der Waals surface area contributed by atoms with Crippen molar-refractivity contribution in [2.45, 2.75) is 31.5 Å². The second-order valence-electron chi connectivity index (χ2n) is 3.78. The van der Waals surface area contributed by atoms with Crippen LogP contribution in [0.4, 0.5) is 0 Å². The van der Waals surface area contributed by atoms with Crippen molar-refractivity contribution in [3.05, 3.63) is 17.4 Å². The summed E-state index contributed by atoms with van der Waals surface area (Å²) in [7, 11) is 0. The lowest BCUT2D eigenvalue weighted by atomic mass is 10.2. The van der Waals surface area contributed by atoms with Gasteiger partial charge in [-0.05, 0) is 12.8 Å². The summed E-state index contributed by atoms with van der Waals surface area (Å²) in [6.45, 7) is 0.429. The van der Waals surface area contributed by atoms with Gasteiger partial charge in [0.15, 0.2) is 0 Å². The largest absolute Gasteiger partial charge is 0.368 e. The zero-order valence-electron chi connectivity index (χ0n) is 8.19. The third-order valence-corrected chi connectivity index (χ3v) is 2.52. The topological polar surface area (TPSA) is 72.9 Å². The Labute approximate surface area is 92.6 Å². The number of aromatic nitrogens is 2. The summed E-state index contributed by atoms with van der Waals surface area (Å²) in [5.74, 6) is -0.353. The summed E-state index contributed by atoms with van der Waals surface area (Å²) in [5.41, 5.74) is 5.29. The standard InChI is InChI=1S/C9H13ClN4O/c10-6-3-12-14(4-6)5-8(9(11)15)13-7-1-2-7/h3-4,7-8,13H,1-2,5H2,(H2,11,15). The van der Waals surface area contributed by atoms with Gasteiger partial charge in [-0.15, -0.1) is 0 Å². The number of nitrogens with one attached hydrogen (secondary N) is 1.